The zero-order valence-electron chi connectivity index (χ0n) is 13.9. The van der Waals surface area contributed by atoms with Crippen LogP contribution < -0.4 is 5.32 Å². The molecule has 0 aliphatic rings. The summed E-state index contributed by atoms with van der Waals surface area (Å²) < 4.78 is 0. The summed E-state index contributed by atoms with van der Waals surface area (Å²) in [6.45, 7) is 11.0. The van der Waals surface area contributed by atoms with E-state index < -0.39 is 0 Å². The van der Waals surface area contributed by atoms with Crippen molar-refractivity contribution in [2.75, 3.05) is 7.05 Å². The second-order valence-corrected chi connectivity index (χ2v) is 7.65. The van der Waals surface area contributed by atoms with E-state index >= 15 is 0 Å². The highest BCUT2D eigenvalue weighted by molar-refractivity contribution is 7.09. The third kappa shape index (κ3) is 3.72. The Morgan fingerprint density at radius 3 is 2.52 bits per heavy atom. The molecule has 21 heavy (non-hydrogen) atoms. The van der Waals surface area contributed by atoms with Crippen molar-refractivity contribution in [2.24, 2.45) is 0 Å². The molecule has 0 bridgehead atoms. The van der Waals surface area contributed by atoms with E-state index in [-0.39, 0.29) is 5.41 Å². The molecular formula is C18H26N2S. The van der Waals surface area contributed by atoms with Gasteiger partial charge in [-0.25, -0.2) is 4.98 Å². The summed E-state index contributed by atoms with van der Waals surface area (Å²) in [7, 11) is 2.03. The van der Waals surface area contributed by atoms with Gasteiger partial charge in [0.25, 0.3) is 0 Å². The third-order valence-corrected chi connectivity index (χ3v) is 4.94. The third-order valence-electron chi connectivity index (χ3n) is 4.07. The van der Waals surface area contributed by atoms with Crippen molar-refractivity contribution < 1.29 is 0 Å². The van der Waals surface area contributed by atoms with E-state index in [1.807, 2.05) is 7.05 Å². The van der Waals surface area contributed by atoms with Crippen LogP contribution in [0, 0.1) is 13.8 Å². The summed E-state index contributed by atoms with van der Waals surface area (Å²) in [6.07, 6.45) is 0.946. The standard InChI is InChI=1S/C18H26N2S/c1-12-8-7-9-14(13(12)2)15(19-6)10-17-20-16(11-21-17)18(3,4)5/h7-9,11,15,19H,10H2,1-6H3. The predicted molar refractivity (Wildman–Crippen MR) is 92.2 cm³/mol. The Labute approximate surface area is 132 Å². The summed E-state index contributed by atoms with van der Waals surface area (Å²) in [5.74, 6) is 0. The normalized spacial score (nSPS) is 13.4. The van der Waals surface area contributed by atoms with Crippen molar-refractivity contribution in [3.05, 3.63) is 51.0 Å². The van der Waals surface area contributed by atoms with E-state index in [0.29, 0.717) is 6.04 Å². The number of likely N-dealkylation sites (N-methyl/N-ethyl adjacent to an activating group) is 1. The Kier molecular flexibility index (Phi) is 4.84. The maximum absolute atomic E-state index is 4.83. The fourth-order valence-corrected chi connectivity index (χ4v) is 3.51. The van der Waals surface area contributed by atoms with Crippen LogP contribution in [-0.4, -0.2) is 12.0 Å². The van der Waals surface area contributed by atoms with Gasteiger partial charge in [-0.1, -0.05) is 39.0 Å². The van der Waals surface area contributed by atoms with Crippen LogP contribution in [0.2, 0.25) is 0 Å². The molecule has 2 aromatic rings. The molecule has 0 saturated heterocycles. The van der Waals surface area contributed by atoms with Gasteiger partial charge in [-0.05, 0) is 37.6 Å². The topological polar surface area (TPSA) is 24.9 Å². The minimum atomic E-state index is 0.128. The highest BCUT2D eigenvalue weighted by atomic mass is 32.1. The maximum Gasteiger partial charge on any atom is 0.0947 e. The lowest BCUT2D eigenvalue weighted by Crippen LogP contribution is -2.20. The van der Waals surface area contributed by atoms with Crippen LogP contribution in [0.4, 0.5) is 0 Å². The SMILES string of the molecule is CNC(Cc1nc(C(C)(C)C)cs1)c1cccc(C)c1C. The lowest BCUT2D eigenvalue weighted by atomic mass is 9.93. The first-order valence-corrected chi connectivity index (χ1v) is 8.39. The van der Waals surface area contributed by atoms with Crippen LogP contribution in [-0.2, 0) is 11.8 Å². The zero-order chi connectivity index (χ0) is 15.6. The van der Waals surface area contributed by atoms with E-state index in [0.717, 1.165) is 6.42 Å². The molecular weight excluding hydrogens is 276 g/mol. The average molecular weight is 302 g/mol. The van der Waals surface area contributed by atoms with Crippen molar-refractivity contribution in [1.82, 2.24) is 10.3 Å². The van der Waals surface area contributed by atoms with Gasteiger partial charge in [0, 0.05) is 23.3 Å². The van der Waals surface area contributed by atoms with Crippen molar-refractivity contribution in [1.29, 1.82) is 0 Å². The number of aryl methyl sites for hydroxylation is 1. The molecule has 1 aromatic heterocycles. The number of nitrogens with zero attached hydrogens (tertiary/aromatic N) is 1. The number of rotatable bonds is 4. The highest BCUT2D eigenvalue weighted by Crippen LogP contribution is 2.28. The first-order valence-electron chi connectivity index (χ1n) is 7.51. The molecule has 0 radical (unpaired) electrons. The van der Waals surface area contributed by atoms with Gasteiger partial charge < -0.3 is 5.32 Å². The monoisotopic (exact) mass is 302 g/mol. The molecule has 0 aliphatic heterocycles. The maximum atomic E-state index is 4.83. The molecule has 2 rings (SSSR count). The van der Waals surface area contributed by atoms with Crippen LogP contribution in [0.15, 0.2) is 23.6 Å². The summed E-state index contributed by atoms with van der Waals surface area (Å²) in [5, 5.41) is 6.86. The van der Waals surface area contributed by atoms with Crippen molar-refractivity contribution in [3.8, 4) is 0 Å². The highest BCUT2D eigenvalue weighted by Gasteiger charge is 2.20. The first-order chi connectivity index (χ1) is 9.82. The summed E-state index contributed by atoms with van der Waals surface area (Å²) in [5.41, 5.74) is 5.43. The molecule has 3 heteroatoms. The number of benzene rings is 1. The van der Waals surface area contributed by atoms with Gasteiger partial charge in [0.05, 0.1) is 10.7 Å². The Morgan fingerprint density at radius 2 is 1.95 bits per heavy atom. The van der Waals surface area contributed by atoms with E-state index in [1.165, 1.54) is 27.4 Å². The van der Waals surface area contributed by atoms with Crippen LogP contribution in [0.5, 0.6) is 0 Å². The van der Waals surface area contributed by atoms with Crippen LogP contribution in [0.25, 0.3) is 0 Å². The number of nitrogens with one attached hydrogen (secondary N) is 1. The van der Waals surface area contributed by atoms with Crippen molar-refractivity contribution >= 4 is 11.3 Å². The summed E-state index contributed by atoms with van der Waals surface area (Å²) >= 11 is 1.77. The van der Waals surface area contributed by atoms with Gasteiger partial charge in [-0.3, -0.25) is 0 Å². The van der Waals surface area contributed by atoms with Gasteiger partial charge in [-0.2, -0.15) is 0 Å². The quantitative estimate of drug-likeness (QED) is 0.895. The van der Waals surface area contributed by atoms with E-state index in [2.05, 4.69) is 63.5 Å². The number of aromatic nitrogens is 1. The molecule has 0 amide bonds. The minimum Gasteiger partial charge on any atom is -0.313 e. The Morgan fingerprint density at radius 1 is 1.24 bits per heavy atom. The molecule has 0 aliphatic carbocycles. The Bertz CT molecular complexity index is 608. The molecule has 0 spiro atoms. The number of thiazole rings is 1. The van der Waals surface area contributed by atoms with Crippen molar-refractivity contribution in [3.63, 3.8) is 0 Å². The smallest absolute Gasteiger partial charge is 0.0947 e. The molecule has 1 unspecified atom stereocenters. The number of hydrogen-bond acceptors (Lipinski definition) is 3. The molecule has 0 fully saturated rings. The molecule has 114 valence electrons. The Balaban J connectivity index is 2.23. The van der Waals surface area contributed by atoms with Gasteiger partial charge >= 0.3 is 0 Å². The summed E-state index contributed by atoms with van der Waals surface area (Å²) in [6, 6.07) is 6.86. The van der Waals surface area contributed by atoms with Crippen LogP contribution >= 0.6 is 11.3 Å². The van der Waals surface area contributed by atoms with E-state index in [4.69, 9.17) is 4.98 Å². The molecule has 1 atom stereocenters. The lowest BCUT2D eigenvalue weighted by Gasteiger charge is -2.19. The predicted octanol–water partition coefficient (Wildman–Crippen LogP) is 4.56. The first kappa shape index (κ1) is 16.2. The number of hydrogen-bond donors (Lipinski definition) is 1. The molecule has 2 nitrogen and oxygen atoms in total. The molecule has 1 N–H and O–H groups in total. The average Bonchev–Trinajstić information content (AvgIpc) is 2.88. The van der Waals surface area contributed by atoms with Crippen LogP contribution in [0.1, 0.15) is 54.2 Å². The van der Waals surface area contributed by atoms with Gasteiger partial charge in [0.15, 0.2) is 0 Å². The minimum absolute atomic E-state index is 0.128. The van der Waals surface area contributed by atoms with Crippen molar-refractivity contribution in [2.45, 2.75) is 52.5 Å². The van der Waals surface area contributed by atoms with E-state index in [9.17, 15) is 0 Å². The molecule has 1 heterocycles. The Hall–Kier alpha value is -1.19. The van der Waals surface area contributed by atoms with Gasteiger partial charge in [-0.15, -0.1) is 11.3 Å². The zero-order valence-corrected chi connectivity index (χ0v) is 14.8. The molecule has 0 saturated carbocycles. The molecule has 1 aromatic carbocycles. The summed E-state index contributed by atoms with van der Waals surface area (Å²) in [4.78, 5) is 4.83. The second-order valence-electron chi connectivity index (χ2n) is 6.71. The second kappa shape index (κ2) is 6.29. The van der Waals surface area contributed by atoms with Crippen LogP contribution in [0.3, 0.4) is 0 Å². The fraction of sp³-hybridized carbons (Fsp3) is 0.500. The fourth-order valence-electron chi connectivity index (χ4n) is 2.44. The largest absolute Gasteiger partial charge is 0.313 e. The lowest BCUT2D eigenvalue weighted by molar-refractivity contribution is 0.559. The van der Waals surface area contributed by atoms with Gasteiger partial charge in [0.1, 0.15) is 0 Å². The van der Waals surface area contributed by atoms with E-state index in [1.54, 1.807) is 11.3 Å². The van der Waals surface area contributed by atoms with Gasteiger partial charge in [0.2, 0.25) is 0 Å².